The van der Waals surface area contributed by atoms with Crippen LogP contribution in [0, 0.1) is 0 Å². The number of Topliss-reactive ketones (excluding diaryl/α,β-unsaturated/α-hetero) is 1. The van der Waals surface area contributed by atoms with E-state index in [-0.39, 0.29) is 5.78 Å². The first-order valence-electron chi connectivity index (χ1n) is 4.85. The van der Waals surface area contributed by atoms with Gasteiger partial charge in [0.2, 0.25) is 0 Å². The summed E-state index contributed by atoms with van der Waals surface area (Å²) in [7, 11) is 0. The lowest BCUT2D eigenvalue weighted by atomic mass is 9.94. The van der Waals surface area contributed by atoms with Crippen LogP contribution in [0.3, 0.4) is 0 Å². The van der Waals surface area contributed by atoms with Crippen LogP contribution in [-0.4, -0.2) is 17.9 Å². The molecule has 0 fully saturated rings. The molecule has 0 atom stereocenters. The fourth-order valence-corrected chi connectivity index (χ4v) is 1.34. The van der Waals surface area contributed by atoms with Crippen molar-refractivity contribution in [3.05, 3.63) is 24.2 Å². The molecule has 14 heavy (non-hydrogen) atoms. The zero-order valence-electron chi connectivity index (χ0n) is 8.96. The van der Waals surface area contributed by atoms with Gasteiger partial charge in [-0.1, -0.05) is 6.92 Å². The molecule has 3 heteroatoms. The van der Waals surface area contributed by atoms with Crippen molar-refractivity contribution in [3.63, 3.8) is 0 Å². The molecule has 0 spiro atoms. The van der Waals surface area contributed by atoms with E-state index in [1.54, 1.807) is 12.5 Å². The predicted molar refractivity (Wildman–Crippen MR) is 55.2 cm³/mol. The zero-order chi connectivity index (χ0) is 10.6. The van der Waals surface area contributed by atoms with Crippen molar-refractivity contribution in [2.24, 2.45) is 0 Å². The van der Waals surface area contributed by atoms with E-state index < -0.39 is 5.54 Å². The monoisotopic (exact) mass is 195 g/mol. The summed E-state index contributed by atoms with van der Waals surface area (Å²) in [5.41, 5.74) is 0.479. The number of likely N-dealkylation sites (N-methyl/N-ethyl adjacent to an activating group) is 1. The summed E-state index contributed by atoms with van der Waals surface area (Å²) in [6, 6.07) is 1.82. The number of hydrogen-bond acceptors (Lipinski definition) is 3. The van der Waals surface area contributed by atoms with Crippen molar-refractivity contribution < 1.29 is 9.21 Å². The third kappa shape index (κ3) is 2.70. The Balaban J connectivity index is 2.57. The Morgan fingerprint density at radius 1 is 1.57 bits per heavy atom. The van der Waals surface area contributed by atoms with Gasteiger partial charge in [-0.15, -0.1) is 0 Å². The number of ketones is 1. The molecule has 0 aliphatic heterocycles. The zero-order valence-corrected chi connectivity index (χ0v) is 8.96. The van der Waals surface area contributed by atoms with Crippen LogP contribution in [0.1, 0.15) is 26.3 Å². The lowest BCUT2D eigenvalue weighted by Crippen LogP contribution is -2.47. The molecule has 78 valence electrons. The molecule has 1 N–H and O–H groups in total. The van der Waals surface area contributed by atoms with Crippen LogP contribution in [0.4, 0.5) is 0 Å². The summed E-state index contributed by atoms with van der Waals surface area (Å²) in [4.78, 5) is 11.8. The van der Waals surface area contributed by atoms with E-state index in [1.165, 1.54) is 0 Å². The summed E-state index contributed by atoms with van der Waals surface area (Å²) < 4.78 is 4.92. The Hall–Kier alpha value is -1.09. The number of hydrogen-bond donors (Lipinski definition) is 1. The van der Waals surface area contributed by atoms with Gasteiger partial charge in [-0.25, -0.2) is 0 Å². The second-order valence-electron chi connectivity index (χ2n) is 3.89. The topological polar surface area (TPSA) is 42.2 Å². The molecule has 0 aliphatic rings. The number of carbonyl (C=O) groups excluding carboxylic acids is 1. The van der Waals surface area contributed by atoms with E-state index in [1.807, 2.05) is 26.8 Å². The molecule has 0 saturated carbocycles. The van der Waals surface area contributed by atoms with Gasteiger partial charge in [0.25, 0.3) is 0 Å². The van der Waals surface area contributed by atoms with E-state index >= 15 is 0 Å². The maximum atomic E-state index is 11.8. The fraction of sp³-hybridized carbons (Fsp3) is 0.545. The van der Waals surface area contributed by atoms with Gasteiger partial charge in [0.15, 0.2) is 5.78 Å². The molecule has 1 aromatic rings. The molecule has 0 bridgehead atoms. The van der Waals surface area contributed by atoms with Gasteiger partial charge in [0, 0.05) is 6.42 Å². The van der Waals surface area contributed by atoms with Gasteiger partial charge in [0.05, 0.1) is 18.1 Å². The maximum absolute atomic E-state index is 11.8. The van der Waals surface area contributed by atoms with E-state index in [2.05, 4.69) is 5.32 Å². The Labute approximate surface area is 84.5 Å². The molecule has 1 heterocycles. The molecule has 0 aromatic carbocycles. The van der Waals surface area contributed by atoms with E-state index in [0.29, 0.717) is 6.42 Å². The smallest absolute Gasteiger partial charge is 0.156 e. The highest BCUT2D eigenvalue weighted by Gasteiger charge is 2.25. The molecule has 1 aromatic heterocycles. The van der Waals surface area contributed by atoms with E-state index in [4.69, 9.17) is 4.42 Å². The van der Waals surface area contributed by atoms with Crippen molar-refractivity contribution in [3.8, 4) is 0 Å². The van der Waals surface area contributed by atoms with Crippen molar-refractivity contribution in [1.82, 2.24) is 5.32 Å². The Kier molecular flexibility index (Phi) is 3.47. The van der Waals surface area contributed by atoms with E-state index in [9.17, 15) is 4.79 Å². The summed E-state index contributed by atoms with van der Waals surface area (Å²) in [6.07, 6.45) is 3.62. The molecular formula is C11H17NO2. The first-order valence-corrected chi connectivity index (χ1v) is 4.85. The van der Waals surface area contributed by atoms with Gasteiger partial charge >= 0.3 is 0 Å². The molecular weight excluding hydrogens is 178 g/mol. The number of carbonyl (C=O) groups is 1. The quantitative estimate of drug-likeness (QED) is 0.778. The average molecular weight is 195 g/mol. The Morgan fingerprint density at radius 2 is 2.29 bits per heavy atom. The minimum Gasteiger partial charge on any atom is -0.472 e. The number of furan rings is 1. The van der Waals surface area contributed by atoms with Crippen LogP contribution in [-0.2, 0) is 11.2 Å². The standard InChI is InChI=1S/C11H17NO2/c1-4-12-11(2,3)10(13)7-9-5-6-14-8-9/h5-6,8,12H,4,7H2,1-3H3. The van der Waals surface area contributed by atoms with Crippen LogP contribution in [0.15, 0.2) is 23.0 Å². The van der Waals surface area contributed by atoms with Gasteiger partial charge in [-0.3, -0.25) is 4.79 Å². The van der Waals surface area contributed by atoms with Gasteiger partial charge in [0.1, 0.15) is 0 Å². The van der Waals surface area contributed by atoms with Crippen LogP contribution in [0.2, 0.25) is 0 Å². The van der Waals surface area contributed by atoms with E-state index in [0.717, 1.165) is 12.1 Å². The lowest BCUT2D eigenvalue weighted by molar-refractivity contribution is -0.123. The molecule has 1 rings (SSSR count). The molecule has 0 aliphatic carbocycles. The van der Waals surface area contributed by atoms with Crippen molar-refractivity contribution in [1.29, 1.82) is 0 Å². The van der Waals surface area contributed by atoms with Crippen LogP contribution >= 0.6 is 0 Å². The predicted octanol–water partition coefficient (Wildman–Crippen LogP) is 1.78. The highest BCUT2D eigenvalue weighted by Crippen LogP contribution is 2.10. The SMILES string of the molecule is CCNC(C)(C)C(=O)Cc1ccoc1. The van der Waals surface area contributed by atoms with Crippen LogP contribution < -0.4 is 5.32 Å². The molecule has 0 unspecified atom stereocenters. The van der Waals surface area contributed by atoms with Gasteiger partial charge in [-0.2, -0.15) is 0 Å². The second kappa shape index (κ2) is 4.42. The second-order valence-corrected chi connectivity index (χ2v) is 3.89. The molecule has 0 radical (unpaired) electrons. The first-order chi connectivity index (χ1) is 6.56. The summed E-state index contributed by atoms with van der Waals surface area (Å²) in [5, 5.41) is 3.15. The minimum absolute atomic E-state index is 0.181. The lowest BCUT2D eigenvalue weighted by Gasteiger charge is -2.23. The first kappa shape index (κ1) is 11.0. The average Bonchev–Trinajstić information content (AvgIpc) is 2.56. The van der Waals surface area contributed by atoms with Crippen molar-refractivity contribution in [2.75, 3.05) is 6.54 Å². The largest absolute Gasteiger partial charge is 0.472 e. The number of rotatable bonds is 5. The highest BCUT2D eigenvalue weighted by atomic mass is 16.3. The summed E-state index contributed by atoms with van der Waals surface area (Å²) in [6.45, 7) is 6.59. The summed E-state index contributed by atoms with van der Waals surface area (Å²) >= 11 is 0. The minimum atomic E-state index is -0.452. The highest BCUT2D eigenvalue weighted by molar-refractivity contribution is 5.89. The fourth-order valence-electron chi connectivity index (χ4n) is 1.34. The van der Waals surface area contributed by atoms with Gasteiger partial charge < -0.3 is 9.73 Å². The Morgan fingerprint density at radius 3 is 2.79 bits per heavy atom. The van der Waals surface area contributed by atoms with Crippen LogP contribution in [0.5, 0.6) is 0 Å². The molecule has 3 nitrogen and oxygen atoms in total. The van der Waals surface area contributed by atoms with Crippen molar-refractivity contribution >= 4 is 5.78 Å². The molecule has 0 saturated heterocycles. The summed E-state index contributed by atoms with van der Waals surface area (Å²) in [5.74, 6) is 0.181. The molecule has 0 amide bonds. The normalized spacial score (nSPS) is 11.6. The number of nitrogens with one attached hydrogen (secondary N) is 1. The third-order valence-electron chi connectivity index (χ3n) is 2.26. The van der Waals surface area contributed by atoms with Gasteiger partial charge in [-0.05, 0) is 32.0 Å². The van der Waals surface area contributed by atoms with Crippen LogP contribution in [0.25, 0.3) is 0 Å². The third-order valence-corrected chi connectivity index (χ3v) is 2.26. The maximum Gasteiger partial charge on any atom is 0.156 e. The van der Waals surface area contributed by atoms with Crippen molar-refractivity contribution in [2.45, 2.75) is 32.7 Å². The Bertz CT molecular complexity index is 288.